The van der Waals surface area contributed by atoms with E-state index in [1.165, 1.54) is 0 Å². The maximum Gasteiger partial charge on any atom is 0.485 e. The zero-order valence-electron chi connectivity index (χ0n) is 70.8. The first-order chi connectivity index (χ1) is 59.3. The fourth-order valence-electron chi connectivity index (χ4n) is 6.54. The lowest BCUT2D eigenvalue weighted by Crippen LogP contribution is -2.28. The van der Waals surface area contributed by atoms with Gasteiger partial charge in [-0.15, -0.1) is 0 Å². The predicted octanol–water partition coefficient (Wildman–Crippen LogP) is -8.94. The number of rotatable bonds is 83. The van der Waals surface area contributed by atoms with Gasteiger partial charge in [-0.05, 0) is 69.7 Å². The Balaban J connectivity index is -0.000000392. The van der Waals surface area contributed by atoms with Crippen LogP contribution in [0.5, 0.6) is 0 Å². The van der Waals surface area contributed by atoms with Crippen molar-refractivity contribution in [3.05, 3.63) is 0 Å². The van der Waals surface area contributed by atoms with Crippen molar-refractivity contribution in [1.82, 2.24) is 26.6 Å². The number of aliphatic hydroxyl groups excluding tert-OH is 4. The molecule has 0 radical (unpaired) electrons. The average Bonchev–Trinajstić information content (AvgIpc) is 0.859. The molecular weight excluding hydrogens is 1940 g/mol. The Bertz CT molecular complexity index is 2650. The first-order valence-electron chi connectivity index (χ1n) is 36.6. The van der Waals surface area contributed by atoms with Crippen LogP contribution in [0.3, 0.4) is 0 Å². The van der Waals surface area contributed by atoms with Crippen molar-refractivity contribution in [2.24, 2.45) is 0 Å². The SMILES string of the molecule is CNCOCC(C)OP(=O)([O-])OCCO.CNCOCC(C)OP(=O)([O-])OCCO.CNCOCC(C)OP(=O)([O-])OCCO.CNCOCC(COP(=O)([O-])OCCOCCOCCOCCOCCOCCOP(=O)([O-])OCCOCCOCCOCCOCCOCCOP(=O)([O-])OC(CO)COCNC)OP(=O)(O)O.O=[P+]([O-])O.O=[P+]([O-])O.O=[P+]([O-])O. The van der Waals surface area contributed by atoms with Crippen molar-refractivity contribution in [2.45, 2.75) is 51.3 Å². The van der Waals surface area contributed by atoms with Crippen molar-refractivity contribution >= 4 is 79.5 Å². The molecule has 71 heteroatoms. The highest BCUT2D eigenvalue weighted by Crippen LogP contribution is 2.44. The summed E-state index contributed by atoms with van der Waals surface area (Å²) in [6, 6.07) is 0. The van der Waals surface area contributed by atoms with E-state index in [2.05, 4.69) is 67.3 Å². The molecule has 0 rings (SSSR count). The van der Waals surface area contributed by atoms with E-state index in [-0.39, 0.29) is 218 Å². The van der Waals surface area contributed by atoms with Crippen LogP contribution in [0.25, 0.3) is 0 Å². The molecule has 14 unspecified atom stereocenters. The van der Waals surface area contributed by atoms with Crippen LogP contribution in [0.1, 0.15) is 20.8 Å². The summed E-state index contributed by atoms with van der Waals surface area (Å²) in [5.74, 6) is 0. The Hall–Kier alpha value is -0.130. The molecule has 764 valence electrons. The molecule has 0 aromatic carbocycles. The number of phosphoric acid groups is 7. The third kappa shape index (κ3) is 128. The van der Waals surface area contributed by atoms with Crippen LogP contribution in [0.4, 0.5) is 0 Å². The summed E-state index contributed by atoms with van der Waals surface area (Å²) in [5.41, 5.74) is 0. The third-order valence-corrected chi connectivity index (χ3v) is 17.9. The molecule has 14 N–H and O–H groups in total. The molecule has 0 spiro atoms. The smallest absolute Gasteiger partial charge is 0.485 e. The zero-order valence-corrected chi connectivity index (χ0v) is 79.7. The molecule has 0 aromatic heterocycles. The van der Waals surface area contributed by atoms with Gasteiger partial charge in [0.2, 0.25) is 0 Å². The fourth-order valence-corrected chi connectivity index (χ4v) is 11.9. The number of nitrogens with one attached hydrogen (secondary N) is 5. The van der Waals surface area contributed by atoms with Gasteiger partial charge in [0, 0.05) is 0 Å². The van der Waals surface area contributed by atoms with Gasteiger partial charge in [-0.2, -0.15) is 14.7 Å². The summed E-state index contributed by atoms with van der Waals surface area (Å²) in [6.45, 7) is 5.01. The van der Waals surface area contributed by atoms with Crippen LogP contribution in [0.2, 0.25) is 0 Å². The molecule has 0 bridgehead atoms. The average molecular weight is 2060 g/mol. The van der Waals surface area contributed by atoms with Crippen molar-refractivity contribution in [1.29, 1.82) is 0 Å². The van der Waals surface area contributed by atoms with Gasteiger partial charge in [0.1, 0.15) is 12.2 Å². The van der Waals surface area contributed by atoms with E-state index in [0.29, 0.717) is 46.6 Å². The highest BCUT2D eigenvalue weighted by Gasteiger charge is 2.26. The largest absolute Gasteiger partial charge is 0.756 e. The van der Waals surface area contributed by atoms with Gasteiger partial charge in [-0.1, -0.05) is 0 Å². The summed E-state index contributed by atoms with van der Waals surface area (Å²) in [4.78, 5) is 133. The Morgan fingerprint density at radius 1 is 0.262 bits per heavy atom. The van der Waals surface area contributed by atoms with Crippen LogP contribution in [0, 0.1) is 0 Å². The Labute approximate surface area is 732 Å². The first kappa shape index (κ1) is 139. The zero-order chi connectivity index (χ0) is 97.2. The number of hydrogen-bond acceptors (Lipinski definition) is 56. The molecule has 0 saturated carbocycles. The van der Waals surface area contributed by atoms with E-state index in [1.54, 1.807) is 56.0 Å². The van der Waals surface area contributed by atoms with Gasteiger partial charge in [0.25, 0.3) is 46.9 Å². The van der Waals surface area contributed by atoms with Crippen LogP contribution in [0.15, 0.2) is 0 Å². The third-order valence-electron chi connectivity index (χ3n) is 10.9. The number of hydrogen-bond donors (Lipinski definition) is 14. The predicted molar refractivity (Wildman–Crippen MR) is 412 cm³/mol. The van der Waals surface area contributed by atoms with Crippen LogP contribution >= 0.6 is 79.5 Å². The molecule has 0 fully saturated rings. The van der Waals surface area contributed by atoms with E-state index in [1.807, 2.05) is 0 Å². The molecule has 0 amide bonds. The van der Waals surface area contributed by atoms with Crippen molar-refractivity contribution in [3.63, 3.8) is 0 Å². The molecule has 0 saturated heterocycles. The summed E-state index contributed by atoms with van der Waals surface area (Å²) in [6.07, 6.45) is -4.33. The second kappa shape index (κ2) is 96.6. The second-order valence-electron chi connectivity index (χ2n) is 22.0. The lowest BCUT2D eigenvalue weighted by atomic mass is 10.4. The second-order valence-corrected chi connectivity index (χ2v) is 32.9. The van der Waals surface area contributed by atoms with Gasteiger partial charge < -0.3 is 200 Å². The van der Waals surface area contributed by atoms with Crippen molar-refractivity contribution < 1.29 is 264 Å². The normalized spacial score (nSPS) is 15.9. The monoisotopic (exact) mass is 2060 g/mol. The molecule has 0 heterocycles. The van der Waals surface area contributed by atoms with Gasteiger partial charge in [-0.25, -0.2) is 4.57 Å². The minimum atomic E-state index is -4.92. The lowest BCUT2D eigenvalue weighted by Gasteiger charge is -2.27. The van der Waals surface area contributed by atoms with E-state index in [4.69, 9.17) is 157 Å². The molecule has 0 aliphatic carbocycles. The van der Waals surface area contributed by atoms with Gasteiger partial charge in [0.15, 0.2) is 0 Å². The molecule has 0 aliphatic heterocycles. The van der Waals surface area contributed by atoms with Crippen LogP contribution < -0.4 is 70.6 Å². The van der Waals surface area contributed by atoms with Gasteiger partial charge in [0.05, 0.1) is 296 Å². The molecule has 0 aliphatic rings. The minimum Gasteiger partial charge on any atom is -0.756 e. The lowest BCUT2D eigenvalue weighted by molar-refractivity contribution is -0.234. The Kier molecular flexibility index (Phi) is 106. The van der Waals surface area contributed by atoms with Crippen LogP contribution in [-0.4, -0.2) is 389 Å². The van der Waals surface area contributed by atoms with E-state index < -0.39 is 123 Å². The topological polar surface area (TPSA) is 879 Å². The summed E-state index contributed by atoms with van der Waals surface area (Å²) < 4.78 is 243. The molecule has 0 aromatic rings. The molecule has 61 nitrogen and oxygen atoms in total. The van der Waals surface area contributed by atoms with Gasteiger partial charge >= 0.3 is 32.6 Å². The van der Waals surface area contributed by atoms with Crippen molar-refractivity contribution in [3.8, 4) is 0 Å². The van der Waals surface area contributed by atoms with Crippen LogP contribution in [-0.2, 0) is 176 Å². The van der Waals surface area contributed by atoms with E-state index in [0.717, 1.165) is 0 Å². The molecule has 126 heavy (non-hydrogen) atoms. The fraction of sp³-hybridized carbons (Fsp3) is 1.00. The number of ether oxygens (including phenoxy) is 15. The standard InChI is InChI=1S/C34H76N2O29P4.3C7H18NO6P.3HO3P/c1-35-31-57-28-33(27-37)65-69(45,46)62-26-22-56-18-14-52-10-6-48-4-8-50-12-16-54-20-24-60-67(41,42)59-23-19-53-15-11-49-7-3-47-5-9-51-13-17-55-21-25-61-68(43,44)63-30-34(29-58-32-36-2)64-66(38,39)40;3*1-7(5-12-6-8-2)14-15(10,11)13-4-3-9;3*1-4(2)3/h33-37H,3-32H2,1-2H3,(H,41,42)(H,43,44)(H,45,46)(H2,38,39,40);3*7-9H,3-6H2,1-2H3,(H,10,11);3*(H,1,2,3)/p-6. The maximum absolute atomic E-state index is 11.9. The van der Waals surface area contributed by atoms with E-state index >= 15 is 0 Å². The molecule has 14 atom stereocenters. The number of phosphoric ester groups is 7. The number of aliphatic hydroxyl groups is 4. The van der Waals surface area contributed by atoms with Gasteiger partial charge in [-0.3, -0.25) is 58.5 Å². The summed E-state index contributed by atoms with van der Waals surface area (Å²) in [7, 11) is -32.9. The quantitative estimate of drug-likeness (QED) is 0.0153. The highest BCUT2D eigenvalue weighted by atomic mass is 31.2. The van der Waals surface area contributed by atoms with Crippen molar-refractivity contribution in [2.75, 3.05) is 313 Å². The maximum atomic E-state index is 11.9. The molecular formula is C55H127N5O56P10-6. The van der Waals surface area contributed by atoms with E-state index in [9.17, 15) is 66.4 Å². The minimum absolute atomic E-state index is 0.00793. The highest BCUT2D eigenvalue weighted by molar-refractivity contribution is 7.47. The summed E-state index contributed by atoms with van der Waals surface area (Å²) in [5, 5.41) is 47.8. The Morgan fingerprint density at radius 2 is 0.444 bits per heavy atom. The first-order valence-corrected chi connectivity index (χ1v) is 50.3. The Morgan fingerprint density at radius 3 is 0.651 bits per heavy atom. The summed E-state index contributed by atoms with van der Waals surface area (Å²) >= 11 is 0.